The molecule has 0 saturated heterocycles. The Morgan fingerprint density at radius 3 is 2.06 bits per heavy atom. The van der Waals surface area contributed by atoms with E-state index < -0.39 is 0 Å². The van der Waals surface area contributed by atoms with E-state index in [-0.39, 0.29) is 0 Å². The second-order valence-electron chi connectivity index (χ2n) is 5.86. The van der Waals surface area contributed by atoms with Gasteiger partial charge < -0.3 is 10.6 Å². The summed E-state index contributed by atoms with van der Waals surface area (Å²) in [7, 11) is 2.03. The minimum absolute atomic E-state index is 0.373. The lowest BCUT2D eigenvalue weighted by atomic mass is 9.88. The summed E-state index contributed by atoms with van der Waals surface area (Å²) in [4.78, 5) is 0. The van der Waals surface area contributed by atoms with Crippen molar-refractivity contribution in [2.75, 3.05) is 20.1 Å². The van der Waals surface area contributed by atoms with Crippen LogP contribution in [0.3, 0.4) is 0 Å². The summed E-state index contributed by atoms with van der Waals surface area (Å²) in [5, 5.41) is 7.02. The van der Waals surface area contributed by atoms with Crippen molar-refractivity contribution in [3.63, 3.8) is 0 Å². The van der Waals surface area contributed by atoms with Crippen LogP contribution in [0.25, 0.3) is 0 Å². The van der Waals surface area contributed by atoms with Crippen LogP contribution in [-0.2, 0) is 0 Å². The van der Waals surface area contributed by atoms with Gasteiger partial charge in [-0.1, -0.05) is 52.4 Å². The van der Waals surface area contributed by atoms with E-state index in [1.54, 1.807) is 0 Å². The first-order valence-electron chi connectivity index (χ1n) is 8.08. The monoisotopic (exact) mass is 256 g/mol. The maximum Gasteiger partial charge on any atom is 0.0153 e. The normalized spacial score (nSPS) is 14.7. The summed E-state index contributed by atoms with van der Waals surface area (Å²) in [6.07, 6.45) is 12.1. The Morgan fingerprint density at radius 2 is 1.44 bits per heavy atom. The molecule has 1 unspecified atom stereocenters. The van der Waals surface area contributed by atoms with E-state index in [1.807, 2.05) is 7.05 Å². The average molecular weight is 256 g/mol. The summed E-state index contributed by atoms with van der Waals surface area (Å²) >= 11 is 0. The number of nitrogens with one attached hydrogen (secondary N) is 2. The quantitative estimate of drug-likeness (QED) is 0.485. The van der Waals surface area contributed by atoms with Crippen LogP contribution in [0.15, 0.2) is 0 Å². The molecule has 2 heteroatoms. The van der Waals surface area contributed by atoms with Crippen LogP contribution in [0.2, 0.25) is 0 Å². The van der Waals surface area contributed by atoms with Crippen LogP contribution in [0.4, 0.5) is 0 Å². The molecule has 0 fully saturated rings. The zero-order chi connectivity index (χ0) is 13.7. The molecule has 0 radical (unpaired) electrons. The lowest BCUT2D eigenvalue weighted by Crippen LogP contribution is -2.43. The Kier molecular flexibility index (Phi) is 11.9. The molecule has 110 valence electrons. The second-order valence-corrected chi connectivity index (χ2v) is 5.86. The summed E-state index contributed by atoms with van der Waals surface area (Å²) < 4.78 is 0. The molecule has 0 aromatic rings. The third kappa shape index (κ3) is 9.90. The summed E-state index contributed by atoms with van der Waals surface area (Å²) in [5.74, 6) is 0. The highest BCUT2D eigenvalue weighted by molar-refractivity contribution is 4.82. The molecule has 0 aliphatic carbocycles. The molecule has 1 atom stereocenters. The Morgan fingerprint density at radius 1 is 0.778 bits per heavy atom. The zero-order valence-corrected chi connectivity index (χ0v) is 13.3. The Balaban J connectivity index is 3.90. The highest BCUT2D eigenvalue weighted by Gasteiger charge is 2.21. The molecule has 18 heavy (non-hydrogen) atoms. The van der Waals surface area contributed by atoms with Gasteiger partial charge in [0.25, 0.3) is 0 Å². The number of hydrogen-bond acceptors (Lipinski definition) is 2. The van der Waals surface area contributed by atoms with Gasteiger partial charge in [-0.15, -0.1) is 0 Å². The van der Waals surface area contributed by atoms with Gasteiger partial charge in [0.15, 0.2) is 0 Å². The van der Waals surface area contributed by atoms with Gasteiger partial charge in [-0.25, -0.2) is 0 Å². The fraction of sp³-hybridized carbons (Fsp3) is 1.00. The van der Waals surface area contributed by atoms with Crippen molar-refractivity contribution in [3.8, 4) is 0 Å². The molecular formula is C16H36N2. The van der Waals surface area contributed by atoms with Crippen LogP contribution in [0.5, 0.6) is 0 Å². The molecule has 2 N–H and O–H groups in total. The highest BCUT2D eigenvalue weighted by Crippen LogP contribution is 2.21. The van der Waals surface area contributed by atoms with Gasteiger partial charge in [0, 0.05) is 5.54 Å². The van der Waals surface area contributed by atoms with Crippen LogP contribution >= 0.6 is 0 Å². The Bertz CT molecular complexity index is 156. The fourth-order valence-electron chi connectivity index (χ4n) is 2.47. The molecular weight excluding hydrogens is 220 g/mol. The fourth-order valence-corrected chi connectivity index (χ4v) is 2.47. The van der Waals surface area contributed by atoms with E-state index in [2.05, 4.69) is 31.4 Å². The minimum Gasteiger partial charge on any atom is -0.320 e. The van der Waals surface area contributed by atoms with Gasteiger partial charge in [-0.05, 0) is 46.3 Å². The SMILES string of the molecule is CCCCCCC(C)(CCCC)NCCCNC. The van der Waals surface area contributed by atoms with Crippen LogP contribution in [-0.4, -0.2) is 25.7 Å². The van der Waals surface area contributed by atoms with Crippen molar-refractivity contribution in [3.05, 3.63) is 0 Å². The topological polar surface area (TPSA) is 24.1 Å². The van der Waals surface area contributed by atoms with Crippen molar-refractivity contribution in [2.24, 2.45) is 0 Å². The summed E-state index contributed by atoms with van der Waals surface area (Å²) in [5.41, 5.74) is 0.373. The smallest absolute Gasteiger partial charge is 0.0153 e. The average Bonchev–Trinajstić information content (AvgIpc) is 2.38. The zero-order valence-electron chi connectivity index (χ0n) is 13.3. The van der Waals surface area contributed by atoms with Crippen LogP contribution in [0.1, 0.15) is 78.6 Å². The van der Waals surface area contributed by atoms with Crippen LogP contribution < -0.4 is 10.6 Å². The second kappa shape index (κ2) is 12.0. The first-order valence-corrected chi connectivity index (χ1v) is 8.08. The first kappa shape index (κ1) is 17.9. The molecule has 0 aromatic heterocycles. The molecule has 2 nitrogen and oxygen atoms in total. The van der Waals surface area contributed by atoms with Crippen molar-refractivity contribution >= 4 is 0 Å². The molecule has 0 aliphatic heterocycles. The van der Waals surface area contributed by atoms with E-state index >= 15 is 0 Å². The van der Waals surface area contributed by atoms with E-state index in [9.17, 15) is 0 Å². The maximum atomic E-state index is 3.80. The van der Waals surface area contributed by atoms with E-state index in [1.165, 1.54) is 57.8 Å². The molecule has 0 aromatic carbocycles. The van der Waals surface area contributed by atoms with Gasteiger partial charge in [-0.3, -0.25) is 0 Å². The number of hydrogen-bond donors (Lipinski definition) is 2. The van der Waals surface area contributed by atoms with Crippen molar-refractivity contribution in [1.82, 2.24) is 10.6 Å². The molecule has 0 rings (SSSR count). The van der Waals surface area contributed by atoms with E-state index in [4.69, 9.17) is 0 Å². The standard InChI is InChI=1S/C16H36N2/c1-5-7-9-10-13-16(3,12-8-6-2)18-15-11-14-17-4/h17-18H,5-15H2,1-4H3. The van der Waals surface area contributed by atoms with Crippen molar-refractivity contribution < 1.29 is 0 Å². The molecule has 0 heterocycles. The Labute approximate surface area is 115 Å². The van der Waals surface area contributed by atoms with Crippen molar-refractivity contribution in [1.29, 1.82) is 0 Å². The summed E-state index contributed by atoms with van der Waals surface area (Å²) in [6.45, 7) is 9.26. The summed E-state index contributed by atoms with van der Waals surface area (Å²) in [6, 6.07) is 0. The van der Waals surface area contributed by atoms with Gasteiger partial charge in [0.2, 0.25) is 0 Å². The van der Waals surface area contributed by atoms with Gasteiger partial charge in [-0.2, -0.15) is 0 Å². The number of rotatable bonds is 13. The van der Waals surface area contributed by atoms with Gasteiger partial charge in [0.05, 0.1) is 0 Å². The van der Waals surface area contributed by atoms with Gasteiger partial charge >= 0.3 is 0 Å². The van der Waals surface area contributed by atoms with E-state index in [0.29, 0.717) is 5.54 Å². The highest BCUT2D eigenvalue weighted by atomic mass is 15.0. The molecule has 0 aliphatic rings. The minimum atomic E-state index is 0.373. The molecule has 0 saturated carbocycles. The maximum absolute atomic E-state index is 3.80. The lowest BCUT2D eigenvalue weighted by molar-refractivity contribution is 0.289. The predicted molar refractivity (Wildman–Crippen MR) is 83.2 cm³/mol. The van der Waals surface area contributed by atoms with Gasteiger partial charge in [0.1, 0.15) is 0 Å². The third-order valence-corrected chi connectivity index (χ3v) is 3.82. The largest absolute Gasteiger partial charge is 0.320 e. The van der Waals surface area contributed by atoms with E-state index in [0.717, 1.165) is 13.1 Å². The Hall–Kier alpha value is -0.0800. The predicted octanol–water partition coefficient (Wildman–Crippen LogP) is 4.10. The first-order chi connectivity index (χ1) is 8.68. The van der Waals surface area contributed by atoms with Crippen LogP contribution in [0, 0.1) is 0 Å². The molecule has 0 amide bonds. The van der Waals surface area contributed by atoms with Crippen molar-refractivity contribution in [2.45, 2.75) is 84.1 Å². The third-order valence-electron chi connectivity index (χ3n) is 3.82. The molecule has 0 spiro atoms. The lowest BCUT2D eigenvalue weighted by Gasteiger charge is -2.31. The molecule has 0 bridgehead atoms. The number of unbranched alkanes of at least 4 members (excludes halogenated alkanes) is 4.